The molecular formula is C32H40N2O3. The molecule has 2 unspecified atom stereocenters. The lowest BCUT2D eigenvalue weighted by atomic mass is 10.0. The average molecular weight is 501 g/mol. The predicted molar refractivity (Wildman–Crippen MR) is 150 cm³/mol. The van der Waals surface area contributed by atoms with Crippen LogP contribution in [0.25, 0.3) is 0 Å². The van der Waals surface area contributed by atoms with E-state index < -0.39 is 6.04 Å². The van der Waals surface area contributed by atoms with Gasteiger partial charge in [0.05, 0.1) is 0 Å². The predicted octanol–water partition coefficient (Wildman–Crippen LogP) is 5.85. The Balaban J connectivity index is 1.96. The van der Waals surface area contributed by atoms with Gasteiger partial charge in [0.25, 0.3) is 5.91 Å². The molecule has 3 rings (SSSR count). The molecule has 0 aliphatic rings. The van der Waals surface area contributed by atoms with E-state index >= 15 is 0 Å². The van der Waals surface area contributed by atoms with E-state index in [9.17, 15) is 9.59 Å². The zero-order chi connectivity index (χ0) is 26.9. The number of rotatable bonds is 11. The molecule has 0 spiro atoms. The van der Waals surface area contributed by atoms with E-state index in [2.05, 4.69) is 11.4 Å². The van der Waals surface area contributed by atoms with Crippen LogP contribution in [0.4, 0.5) is 0 Å². The third-order valence-electron chi connectivity index (χ3n) is 6.99. The van der Waals surface area contributed by atoms with Crippen LogP contribution in [0.1, 0.15) is 53.6 Å². The second-order valence-corrected chi connectivity index (χ2v) is 9.97. The fourth-order valence-electron chi connectivity index (χ4n) is 4.34. The Morgan fingerprint density at radius 1 is 0.919 bits per heavy atom. The highest BCUT2D eigenvalue weighted by molar-refractivity contribution is 5.88. The van der Waals surface area contributed by atoms with Gasteiger partial charge in [-0.25, -0.2) is 0 Å². The zero-order valence-electron chi connectivity index (χ0n) is 23.0. The summed E-state index contributed by atoms with van der Waals surface area (Å²) < 4.78 is 6.07. The van der Waals surface area contributed by atoms with E-state index in [0.29, 0.717) is 18.7 Å². The maximum Gasteiger partial charge on any atom is 0.261 e. The van der Waals surface area contributed by atoms with Gasteiger partial charge in [-0.1, -0.05) is 67.6 Å². The van der Waals surface area contributed by atoms with Crippen LogP contribution in [-0.2, 0) is 22.6 Å². The lowest BCUT2D eigenvalue weighted by molar-refractivity contribution is -0.143. The first-order valence-corrected chi connectivity index (χ1v) is 13.1. The van der Waals surface area contributed by atoms with Gasteiger partial charge in [-0.2, -0.15) is 0 Å². The van der Waals surface area contributed by atoms with Crippen LogP contribution < -0.4 is 10.1 Å². The molecule has 2 amide bonds. The highest BCUT2D eigenvalue weighted by atomic mass is 16.5. The van der Waals surface area contributed by atoms with Gasteiger partial charge in [0.15, 0.2) is 6.61 Å². The van der Waals surface area contributed by atoms with E-state index in [1.54, 1.807) is 4.90 Å². The molecule has 0 saturated heterocycles. The molecule has 0 aliphatic heterocycles. The van der Waals surface area contributed by atoms with Gasteiger partial charge in [0.2, 0.25) is 5.91 Å². The van der Waals surface area contributed by atoms with Crippen LogP contribution >= 0.6 is 0 Å². The molecule has 2 atom stereocenters. The summed E-state index contributed by atoms with van der Waals surface area (Å²) in [5, 5.41) is 3.11. The van der Waals surface area contributed by atoms with Crippen molar-refractivity contribution in [3.8, 4) is 5.75 Å². The number of ether oxygens (including phenoxy) is 1. The van der Waals surface area contributed by atoms with Gasteiger partial charge in [-0.05, 0) is 80.5 Å². The number of benzene rings is 3. The number of aryl methyl sites for hydroxylation is 3. The lowest BCUT2D eigenvalue weighted by Gasteiger charge is -2.32. The van der Waals surface area contributed by atoms with E-state index in [-0.39, 0.29) is 24.5 Å². The SMILES string of the molecule is CCC(C)NC(=O)C(Cc1ccccc1)N(Cc1ccccc1C)C(=O)COc1cc(C)cc(C)c1C. The van der Waals surface area contributed by atoms with Crippen molar-refractivity contribution in [2.75, 3.05) is 6.61 Å². The third-order valence-corrected chi connectivity index (χ3v) is 6.99. The zero-order valence-corrected chi connectivity index (χ0v) is 23.0. The summed E-state index contributed by atoms with van der Waals surface area (Å²) in [6.07, 6.45) is 1.23. The van der Waals surface area contributed by atoms with Crippen LogP contribution in [0.5, 0.6) is 5.75 Å². The topological polar surface area (TPSA) is 58.6 Å². The maximum absolute atomic E-state index is 13.8. The molecule has 0 saturated carbocycles. The highest BCUT2D eigenvalue weighted by Crippen LogP contribution is 2.24. The summed E-state index contributed by atoms with van der Waals surface area (Å²) in [4.78, 5) is 29.1. The number of hydrogen-bond acceptors (Lipinski definition) is 3. The molecule has 0 aliphatic carbocycles. The first kappa shape index (κ1) is 28.0. The lowest BCUT2D eigenvalue weighted by Crippen LogP contribution is -2.53. The van der Waals surface area contributed by atoms with Gasteiger partial charge in [-0.3, -0.25) is 9.59 Å². The van der Waals surface area contributed by atoms with Crippen LogP contribution in [-0.4, -0.2) is 35.4 Å². The normalized spacial score (nSPS) is 12.5. The van der Waals surface area contributed by atoms with Crippen molar-refractivity contribution in [3.63, 3.8) is 0 Å². The molecule has 0 radical (unpaired) electrons. The number of nitrogens with zero attached hydrogens (tertiary/aromatic N) is 1. The molecule has 0 fully saturated rings. The van der Waals surface area contributed by atoms with E-state index in [0.717, 1.165) is 39.8 Å². The summed E-state index contributed by atoms with van der Waals surface area (Å²) in [7, 11) is 0. The Morgan fingerprint density at radius 3 is 2.27 bits per heavy atom. The number of nitrogens with one attached hydrogen (secondary N) is 1. The van der Waals surface area contributed by atoms with Gasteiger partial charge >= 0.3 is 0 Å². The molecule has 0 aromatic heterocycles. The van der Waals surface area contributed by atoms with E-state index in [4.69, 9.17) is 4.74 Å². The molecule has 37 heavy (non-hydrogen) atoms. The highest BCUT2D eigenvalue weighted by Gasteiger charge is 2.31. The summed E-state index contributed by atoms with van der Waals surface area (Å²) in [5.41, 5.74) is 6.30. The third kappa shape index (κ3) is 7.69. The first-order chi connectivity index (χ1) is 17.7. The van der Waals surface area contributed by atoms with Gasteiger partial charge in [-0.15, -0.1) is 0 Å². The second kappa shape index (κ2) is 13.1. The number of hydrogen-bond donors (Lipinski definition) is 1. The largest absolute Gasteiger partial charge is 0.483 e. The quantitative estimate of drug-likeness (QED) is 0.359. The van der Waals surface area contributed by atoms with Crippen molar-refractivity contribution >= 4 is 11.8 Å². The Kier molecular flexibility index (Phi) is 9.90. The van der Waals surface area contributed by atoms with Crippen molar-refractivity contribution in [1.82, 2.24) is 10.2 Å². The fourth-order valence-corrected chi connectivity index (χ4v) is 4.34. The standard InChI is InChI=1S/C32H40N2O3/c1-7-25(5)33-32(36)29(19-27-14-9-8-10-15-27)34(20-28-16-12-11-13-23(28)3)31(35)21-37-30-18-22(2)17-24(4)26(30)6/h8-18,25,29H,7,19-21H2,1-6H3,(H,33,36). The first-order valence-electron chi connectivity index (χ1n) is 13.1. The fraction of sp³-hybridized carbons (Fsp3) is 0.375. The average Bonchev–Trinajstić information content (AvgIpc) is 2.88. The molecule has 3 aromatic rings. The summed E-state index contributed by atoms with van der Waals surface area (Å²) in [5.74, 6) is 0.329. The summed E-state index contributed by atoms with van der Waals surface area (Å²) >= 11 is 0. The molecule has 1 N–H and O–H groups in total. The molecule has 5 nitrogen and oxygen atoms in total. The van der Waals surface area contributed by atoms with Crippen molar-refractivity contribution in [2.24, 2.45) is 0 Å². The Morgan fingerprint density at radius 2 is 1.59 bits per heavy atom. The monoisotopic (exact) mass is 500 g/mol. The van der Waals surface area contributed by atoms with Crippen molar-refractivity contribution in [2.45, 2.75) is 73.0 Å². The van der Waals surface area contributed by atoms with Crippen molar-refractivity contribution in [1.29, 1.82) is 0 Å². The number of amides is 2. The molecule has 0 heterocycles. The molecule has 3 aromatic carbocycles. The van der Waals surface area contributed by atoms with Crippen LogP contribution in [0.15, 0.2) is 66.7 Å². The molecule has 5 heteroatoms. The number of carbonyl (C=O) groups is 2. The Labute approximate surface area is 221 Å². The second-order valence-electron chi connectivity index (χ2n) is 9.97. The summed E-state index contributed by atoms with van der Waals surface area (Å²) in [6.45, 7) is 12.3. The van der Waals surface area contributed by atoms with Gasteiger partial charge < -0.3 is 15.0 Å². The Hall–Kier alpha value is -3.60. The minimum Gasteiger partial charge on any atom is -0.483 e. The number of carbonyl (C=O) groups excluding carboxylic acids is 2. The summed E-state index contributed by atoms with van der Waals surface area (Å²) in [6, 6.07) is 21.2. The molecule has 196 valence electrons. The van der Waals surface area contributed by atoms with Crippen LogP contribution in [0.2, 0.25) is 0 Å². The smallest absolute Gasteiger partial charge is 0.261 e. The van der Waals surface area contributed by atoms with Crippen LogP contribution in [0, 0.1) is 27.7 Å². The Bertz CT molecular complexity index is 1210. The maximum atomic E-state index is 13.8. The molecular weight excluding hydrogens is 460 g/mol. The van der Waals surface area contributed by atoms with Crippen molar-refractivity contribution in [3.05, 3.63) is 100 Å². The van der Waals surface area contributed by atoms with Crippen molar-refractivity contribution < 1.29 is 14.3 Å². The minimum atomic E-state index is -0.674. The van der Waals surface area contributed by atoms with E-state index in [1.807, 2.05) is 102 Å². The van der Waals surface area contributed by atoms with Gasteiger partial charge in [0, 0.05) is 19.0 Å². The van der Waals surface area contributed by atoms with Crippen LogP contribution in [0.3, 0.4) is 0 Å². The minimum absolute atomic E-state index is 0.00959. The van der Waals surface area contributed by atoms with E-state index in [1.165, 1.54) is 0 Å². The van der Waals surface area contributed by atoms with Gasteiger partial charge in [0.1, 0.15) is 11.8 Å². The molecule has 0 bridgehead atoms.